The summed E-state index contributed by atoms with van der Waals surface area (Å²) in [4.78, 5) is 61.1. The second-order valence-electron chi connectivity index (χ2n) is 8.13. The third-order valence-electron chi connectivity index (χ3n) is 5.64. The predicted octanol–water partition coefficient (Wildman–Crippen LogP) is 4.25. The molecule has 1 aliphatic rings. The molecule has 3 aromatic rings. The van der Waals surface area contributed by atoms with Gasteiger partial charge in [-0.05, 0) is 60.7 Å². The molecular formula is C26H19ClN2O8. The summed E-state index contributed by atoms with van der Waals surface area (Å²) in [5, 5.41) is 11.2. The van der Waals surface area contributed by atoms with Gasteiger partial charge in [0.1, 0.15) is 5.75 Å². The lowest BCUT2D eigenvalue weighted by molar-refractivity contribution is -0.384. The molecule has 0 bridgehead atoms. The second-order valence-corrected chi connectivity index (χ2v) is 8.57. The molecule has 1 aliphatic heterocycles. The third-order valence-corrected chi connectivity index (χ3v) is 5.89. The topological polar surface area (TPSA) is 133 Å². The Labute approximate surface area is 215 Å². The minimum Gasteiger partial charge on any atom is -0.457 e. The highest BCUT2D eigenvalue weighted by atomic mass is 35.5. The van der Waals surface area contributed by atoms with Crippen LogP contribution >= 0.6 is 11.6 Å². The molecule has 1 amide bonds. The van der Waals surface area contributed by atoms with Crippen molar-refractivity contribution < 1.29 is 33.6 Å². The Morgan fingerprint density at radius 1 is 0.946 bits per heavy atom. The van der Waals surface area contributed by atoms with Crippen LogP contribution in [0.3, 0.4) is 0 Å². The van der Waals surface area contributed by atoms with Gasteiger partial charge in [0, 0.05) is 41.4 Å². The maximum atomic E-state index is 12.5. The Morgan fingerprint density at radius 2 is 1.57 bits per heavy atom. The van der Waals surface area contributed by atoms with Gasteiger partial charge >= 0.3 is 11.9 Å². The van der Waals surface area contributed by atoms with Crippen molar-refractivity contribution in [2.45, 2.75) is 6.42 Å². The van der Waals surface area contributed by atoms with Crippen molar-refractivity contribution in [3.63, 3.8) is 0 Å². The molecule has 1 saturated heterocycles. The van der Waals surface area contributed by atoms with Gasteiger partial charge in [0.05, 0.1) is 16.4 Å². The van der Waals surface area contributed by atoms with Gasteiger partial charge in [0.25, 0.3) is 5.69 Å². The summed E-state index contributed by atoms with van der Waals surface area (Å²) in [6.07, 6.45) is -0.0233. The summed E-state index contributed by atoms with van der Waals surface area (Å²) in [5.41, 5.74) is 0.819. The van der Waals surface area contributed by atoms with Gasteiger partial charge in [-0.25, -0.2) is 4.79 Å². The van der Waals surface area contributed by atoms with Crippen LogP contribution < -0.4 is 9.64 Å². The van der Waals surface area contributed by atoms with Crippen molar-refractivity contribution in [2.75, 3.05) is 18.1 Å². The molecule has 188 valence electrons. The molecular weight excluding hydrogens is 504 g/mol. The number of hydrogen-bond acceptors (Lipinski definition) is 8. The zero-order valence-electron chi connectivity index (χ0n) is 19.2. The van der Waals surface area contributed by atoms with E-state index in [0.29, 0.717) is 10.7 Å². The Balaban J connectivity index is 1.28. The molecule has 37 heavy (non-hydrogen) atoms. The number of carbonyl (C=O) groups excluding carboxylic acids is 4. The average Bonchev–Trinajstić information content (AvgIpc) is 3.29. The molecule has 10 nitrogen and oxygen atoms in total. The van der Waals surface area contributed by atoms with Gasteiger partial charge in [0.2, 0.25) is 5.91 Å². The number of anilines is 1. The molecule has 1 heterocycles. The maximum Gasteiger partial charge on any atom is 0.343 e. The van der Waals surface area contributed by atoms with E-state index in [9.17, 15) is 29.3 Å². The van der Waals surface area contributed by atoms with E-state index >= 15 is 0 Å². The third kappa shape index (κ3) is 6.17. The smallest absolute Gasteiger partial charge is 0.343 e. The van der Waals surface area contributed by atoms with Crippen molar-refractivity contribution in [1.29, 1.82) is 0 Å². The summed E-state index contributed by atoms with van der Waals surface area (Å²) < 4.78 is 10.4. The van der Waals surface area contributed by atoms with E-state index in [0.717, 1.165) is 0 Å². The molecule has 0 spiro atoms. The van der Waals surface area contributed by atoms with Crippen LogP contribution in [0.1, 0.15) is 27.1 Å². The van der Waals surface area contributed by atoms with Crippen molar-refractivity contribution in [3.8, 4) is 5.75 Å². The first-order valence-electron chi connectivity index (χ1n) is 11.0. The first kappa shape index (κ1) is 25.5. The minimum atomic E-state index is -0.721. The molecule has 3 aromatic carbocycles. The molecule has 0 aliphatic carbocycles. The number of nitrogens with zero attached hydrogens (tertiary/aromatic N) is 2. The zero-order chi connectivity index (χ0) is 26.5. The summed E-state index contributed by atoms with van der Waals surface area (Å²) in [5.74, 6) is -2.61. The molecule has 11 heteroatoms. The van der Waals surface area contributed by atoms with Crippen LogP contribution in [0.5, 0.6) is 5.75 Å². The van der Waals surface area contributed by atoms with E-state index in [4.69, 9.17) is 21.1 Å². The highest BCUT2D eigenvalue weighted by Gasteiger charge is 2.36. The number of benzene rings is 3. The van der Waals surface area contributed by atoms with Gasteiger partial charge < -0.3 is 14.4 Å². The lowest BCUT2D eigenvalue weighted by Crippen LogP contribution is -2.27. The number of hydrogen-bond donors (Lipinski definition) is 0. The number of nitro benzene ring substituents is 1. The number of Topliss-reactive ketones (excluding diaryl/α,β-unsaturated/α-hetero) is 1. The number of ketones is 1. The van der Waals surface area contributed by atoms with E-state index in [-0.39, 0.29) is 41.4 Å². The molecule has 0 saturated carbocycles. The molecule has 0 aromatic heterocycles. The van der Waals surface area contributed by atoms with E-state index in [1.807, 2.05) is 0 Å². The number of esters is 2. The Hall–Kier alpha value is -4.57. The highest BCUT2D eigenvalue weighted by molar-refractivity contribution is 6.30. The fourth-order valence-electron chi connectivity index (χ4n) is 3.67. The number of rotatable bonds is 8. The Bertz CT molecular complexity index is 1350. The number of ether oxygens (including phenoxy) is 2. The minimum absolute atomic E-state index is 0.0233. The highest BCUT2D eigenvalue weighted by Crippen LogP contribution is 2.27. The normalized spacial score (nSPS) is 14.8. The Morgan fingerprint density at radius 3 is 2.19 bits per heavy atom. The molecule has 1 atom stereocenters. The summed E-state index contributed by atoms with van der Waals surface area (Å²) in [7, 11) is 0. The molecule has 0 N–H and O–H groups in total. The van der Waals surface area contributed by atoms with Crippen molar-refractivity contribution in [3.05, 3.63) is 99.1 Å². The monoisotopic (exact) mass is 522 g/mol. The average molecular weight is 523 g/mol. The van der Waals surface area contributed by atoms with Crippen molar-refractivity contribution in [2.24, 2.45) is 5.92 Å². The first-order valence-corrected chi connectivity index (χ1v) is 11.4. The molecule has 1 fully saturated rings. The lowest BCUT2D eigenvalue weighted by atomic mass is 10.1. The zero-order valence-corrected chi connectivity index (χ0v) is 19.9. The van der Waals surface area contributed by atoms with Gasteiger partial charge in [-0.3, -0.25) is 24.5 Å². The standard InChI is InChI=1S/C26H19ClN2O8/c27-19-5-9-20(10-6-19)28-14-18(13-24(28)31)25(32)36-15-23(30)16-3-11-22(12-4-16)37-26(33)17-1-7-21(8-2-17)29(34)35/h1-12,18H,13-15H2/t18-/m0/s1. The summed E-state index contributed by atoms with van der Waals surface area (Å²) in [6, 6.07) is 17.2. The number of nitro groups is 1. The molecule has 0 radical (unpaired) electrons. The fourth-order valence-corrected chi connectivity index (χ4v) is 3.79. The summed E-state index contributed by atoms with van der Waals surface area (Å²) >= 11 is 5.87. The van der Waals surface area contributed by atoms with E-state index < -0.39 is 35.2 Å². The van der Waals surface area contributed by atoms with Crippen LogP contribution in [0.15, 0.2) is 72.8 Å². The second kappa shape index (κ2) is 11.0. The van der Waals surface area contributed by atoms with E-state index in [1.54, 1.807) is 24.3 Å². The number of carbonyl (C=O) groups is 4. The molecule has 0 unspecified atom stereocenters. The van der Waals surface area contributed by atoms with E-state index in [1.165, 1.54) is 53.4 Å². The number of amides is 1. The van der Waals surface area contributed by atoms with Crippen LogP contribution in [0.25, 0.3) is 0 Å². The van der Waals surface area contributed by atoms with Gasteiger partial charge in [-0.1, -0.05) is 11.6 Å². The van der Waals surface area contributed by atoms with Crippen LogP contribution in [0.2, 0.25) is 5.02 Å². The van der Waals surface area contributed by atoms with Crippen molar-refractivity contribution in [1.82, 2.24) is 0 Å². The van der Waals surface area contributed by atoms with Crippen LogP contribution in [0.4, 0.5) is 11.4 Å². The van der Waals surface area contributed by atoms with Gasteiger partial charge in [-0.2, -0.15) is 0 Å². The SMILES string of the molecule is O=C(COC(=O)[C@H]1CC(=O)N(c2ccc(Cl)cc2)C1)c1ccc(OC(=O)c2ccc([N+](=O)[O-])cc2)cc1. The predicted molar refractivity (Wildman–Crippen MR) is 132 cm³/mol. The van der Waals surface area contributed by atoms with Gasteiger partial charge in [-0.15, -0.1) is 0 Å². The van der Waals surface area contributed by atoms with Crippen molar-refractivity contribution >= 4 is 46.6 Å². The van der Waals surface area contributed by atoms with Crippen LogP contribution in [-0.4, -0.2) is 41.7 Å². The Kier molecular flexibility index (Phi) is 7.59. The fraction of sp³-hybridized carbons (Fsp3) is 0.154. The van der Waals surface area contributed by atoms with Crippen LogP contribution in [-0.2, 0) is 14.3 Å². The van der Waals surface area contributed by atoms with Crippen LogP contribution in [0, 0.1) is 16.0 Å². The number of halogens is 1. The largest absolute Gasteiger partial charge is 0.457 e. The maximum absolute atomic E-state index is 12.5. The van der Waals surface area contributed by atoms with E-state index in [2.05, 4.69) is 0 Å². The molecule has 4 rings (SSSR count). The first-order chi connectivity index (χ1) is 17.7. The quantitative estimate of drug-likeness (QED) is 0.141. The summed E-state index contributed by atoms with van der Waals surface area (Å²) in [6.45, 7) is -0.366. The number of non-ortho nitro benzene ring substituents is 1. The van der Waals surface area contributed by atoms with Gasteiger partial charge in [0.15, 0.2) is 12.4 Å². The lowest BCUT2D eigenvalue weighted by Gasteiger charge is -2.16.